The van der Waals surface area contributed by atoms with Gasteiger partial charge in [0.25, 0.3) is 0 Å². The van der Waals surface area contributed by atoms with Gasteiger partial charge in [0.05, 0.1) is 8.84 Å². The zero-order chi connectivity index (χ0) is 25.2. The van der Waals surface area contributed by atoms with Gasteiger partial charge >= 0.3 is 57.5 Å². The molecule has 3 N–H and O–H groups in total. The lowest BCUT2D eigenvalue weighted by Crippen LogP contribution is -2.75. The highest BCUT2D eigenvalue weighted by Crippen LogP contribution is 2.64. The average Bonchev–Trinajstić information content (AvgIpc) is 2.52. The highest BCUT2D eigenvalue weighted by Gasteiger charge is 2.99. The molecule has 0 amide bonds. The Labute approximate surface area is 152 Å². The summed E-state index contributed by atoms with van der Waals surface area (Å²) in [6.07, 6.45) is -7.87. The fraction of sp³-hybridized carbons (Fsp3) is 1.00. The molecule has 30 heavy (non-hydrogen) atoms. The predicted molar refractivity (Wildman–Crippen MR) is 53.4 cm³/mol. The third-order valence-corrected chi connectivity index (χ3v) is 4.36. The van der Waals surface area contributed by atoms with Crippen LogP contribution >= 0.6 is 0 Å². The van der Waals surface area contributed by atoms with Crippen molar-refractivity contribution in [3.63, 3.8) is 0 Å². The van der Waals surface area contributed by atoms with Crippen LogP contribution in [0.1, 0.15) is 0 Å². The van der Waals surface area contributed by atoms with Crippen LogP contribution in [0.5, 0.6) is 0 Å². The highest BCUT2D eigenvalue weighted by molar-refractivity contribution is 7.93. The minimum absolute atomic E-state index is 1.50. The normalized spacial score (nSPS) is 18.4. The molecule has 0 aromatic heterocycles. The van der Waals surface area contributed by atoms with E-state index in [1.807, 2.05) is 0 Å². The SMILES string of the molecule is [NH3+]O[S+]([O])(=O)C(F)(F)C(F)(F)C(F)(F)C(F)(F)C(F)(F)C(F)(F)C(F)(F)C(F)(F)F. The molecule has 0 aliphatic rings. The second-order valence-corrected chi connectivity index (χ2v) is 6.69. The van der Waals surface area contributed by atoms with Crippen molar-refractivity contribution in [3.05, 3.63) is 0 Å². The summed E-state index contributed by atoms with van der Waals surface area (Å²) in [5.41, 5.74) is 0. The molecule has 1 radical (unpaired) electrons. The molecule has 0 fully saturated rings. The zero-order valence-corrected chi connectivity index (χ0v) is 13.6. The van der Waals surface area contributed by atoms with Crippen molar-refractivity contribution in [1.82, 2.24) is 0 Å². The molecule has 0 heterocycles. The Morgan fingerprint density at radius 1 is 0.500 bits per heavy atom. The van der Waals surface area contributed by atoms with Crippen LogP contribution in [0.4, 0.5) is 74.6 Å². The number of hydrogen-bond acceptors (Lipinski definition) is 2. The lowest BCUT2D eigenvalue weighted by atomic mass is 9.91. The Bertz CT molecular complexity index is 700. The van der Waals surface area contributed by atoms with Gasteiger partial charge in [-0.15, -0.1) is 8.78 Å². The minimum Gasteiger partial charge on any atom is -0.192 e. The summed E-state index contributed by atoms with van der Waals surface area (Å²) >= 11 is 0. The van der Waals surface area contributed by atoms with E-state index in [1.165, 1.54) is 5.90 Å². The molecule has 181 valence electrons. The Morgan fingerprint density at radius 3 is 0.967 bits per heavy atom. The lowest BCUT2D eigenvalue weighted by Gasteiger charge is -2.41. The van der Waals surface area contributed by atoms with Gasteiger partial charge in [-0.3, -0.25) is 0 Å². The number of alkyl halides is 17. The van der Waals surface area contributed by atoms with Crippen LogP contribution in [0, 0.1) is 0 Å². The van der Waals surface area contributed by atoms with E-state index in [-0.39, 0.29) is 0 Å². The van der Waals surface area contributed by atoms with Gasteiger partial charge in [-0.2, -0.15) is 71.8 Å². The number of rotatable bonds is 8. The highest BCUT2D eigenvalue weighted by atomic mass is 32.3. The Balaban J connectivity index is 6.89. The van der Waals surface area contributed by atoms with E-state index in [4.69, 9.17) is 0 Å². The van der Waals surface area contributed by atoms with Gasteiger partial charge < -0.3 is 0 Å². The fourth-order valence-electron chi connectivity index (χ4n) is 1.38. The van der Waals surface area contributed by atoms with Gasteiger partial charge in [-0.1, -0.05) is 0 Å². The van der Waals surface area contributed by atoms with Crippen molar-refractivity contribution in [2.24, 2.45) is 0 Å². The number of quaternary nitrogens is 1. The third kappa shape index (κ3) is 3.29. The molecule has 0 saturated heterocycles. The first-order valence-electron chi connectivity index (χ1n) is 5.96. The summed E-state index contributed by atoms with van der Waals surface area (Å²) < 4.78 is 241. The molecule has 1 atom stereocenters. The molecular weight excluding hydrogens is 513 g/mol. The van der Waals surface area contributed by atoms with E-state index in [1.54, 1.807) is 0 Å². The number of halogens is 17. The van der Waals surface area contributed by atoms with Crippen molar-refractivity contribution in [3.8, 4) is 0 Å². The van der Waals surface area contributed by atoms with Gasteiger partial charge in [-0.05, 0) is 4.21 Å². The van der Waals surface area contributed by atoms with Crippen molar-refractivity contribution < 1.29 is 93.6 Å². The van der Waals surface area contributed by atoms with E-state index in [2.05, 4.69) is 4.28 Å². The summed E-state index contributed by atoms with van der Waals surface area (Å²) in [6, 6.07) is 0. The van der Waals surface area contributed by atoms with Crippen LogP contribution in [0.15, 0.2) is 0 Å². The van der Waals surface area contributed by atoms with Crippen LogP contribution in [-0.2, 0) is 23.5 Å². The maximum absolute atomic E-state index is 13.2. The van der Waals surface area contributed by atoms with Gasteiger partial charge in [0.1, 0.15) is 0 Å². The molecule has 0 bridgehead atoms. The summed E-state index contributed by atoms with van der Waals surface area (Å²) in [5, 5.41) is -7.67. The smallest absolute Gasteiger partial charge is 0.192 e. The van der Waals surface area contributed by atoms with Gasteiger partial charge in [-0.25, -0.2) is 0 Å². The molecule has 22 heteroatoms. The van der Waals surface area contributed by atoms with Crippen LogP contribution in [0.2, 0.25) is 0 Å². The van der Waals surface area contributed by atoms with Crippen LogP contribution in [0.3, 0.4) is 0 Å². The number of hydrogen-bond donors (Lipinski definition) is 1. The molecule has 0 spiro atoms. The van der Waals surface area contributed by atoms with E-state index in [9.17, 15) is 83.4 Å². The van der Waals surface area contributed by atoms with Crippen LogP contribution in [0.25, 0.3) is 0 Å². The Kier molecular flexibility index (Phi) is 6.65. The Morgan fingerprint density at radius 2 is 0.733 bits per heavy atom. The molecule has 0 rings (SSSR count). The summed E-state index contributed by atoms with van der Waals surface area (Å²) in [7, 11) is -7.50. The summed E-state index contributed by atoms with van der Waals surface area (Å²) in [4.78, 5) is 0. The monoisotopic (exact) mass is 516 g/mol. The van der Waals surface area contributed by atoms with Gasteiger partial charge in [0.2, 0.25) is 0 Å². The lowest BCUT2D eigenvalue weighted by molar-refractivity contribution is -0.639. The molecule has 0 aromatic rings. The summed E-state index contributed by atoms with van der Waals surface area (Å²) in [6.45, 7) is 0. The van der Waals surface area contributed by atoms with Crippen LogP contribution < -0.4 is 5.90 Å². The fourth-order valence-corrected chi connectivity index (χ4v) is 1.97. The molecule has 0 saturated carbocycles. The second kappa shape index (κ2) is 6.92. The minimum atomic E-state index is -8.86. The topological polar surface area (TPSA) is 73.8 Å². The quantitative estimate of drug-likeness (QED) is 0.302. The summed E-state index contributed by atoms with van der Waals surface area (Å²) in [5.74, 6) is -50.2. The molecule has 4 nitrogen and oxygen atoms in total. The third-order valence-electron chi connectivity index (χ3n) is 3.16. The standard InChI is InChI=1S/C8H3F17NO3S/c9-1(10,3(13,14)5(17,18)7(21,22)23)2(11,12)4(15,16)6(19,20)8(24,25)30(27,28)29-26/h26H3/q+2. The molecular formula is C8H3F17NO3S+2. The first-order chi connectivity index (χ1) is 12.6. The van der Waals surface area contributed by atoms with E-state index in [0.29, 0.717) is 0 Å². The molecule has 0 aliphatic heterocycles. The first kappa shape index (κ1) is 28.8. The molecule has 0 aromatic carbocycles. The predicted octanol–water partition coefficient (Wildman–Crippen LogP) is 3.89. The average molecular weight is 516 g/mol. The van der Waals surface area contributed by atoms with Crippen molar-refractivity contribution in [2.75, 3.05) is 0 Å². The van der Waals surface area contributed by atoms with E-state index < -0.39 is 57.5 Å². The largest absolute Gasteiger partial charge is 0.554 e. The van der Waals surface area contributed by atoms with E-state index >= 15 is 0 Å². The molecule has 1 unspecified atom stereocenters. The van der Waals surface area contributed by atoms with Crippen LogP contribution in [-0.4, -0.2) is 47.0 Å². The Hall–Kier alpha value is -1.16. The van der Waals surface area contributed by atoms with Crippen molar-refractivity contribution in [1.29, 1.82) is 0 Å². The molecule has 0 aliphatic carbocycles. The maximum atomic E-state index is 13.2. The van der Waals surface area contributed by atoms with E-state index in [0.717, 1.165) is 0 Å². The zero-order valence-electron chi connectivity index (χ0n) is 12.8. The van der Waals surface area contributed by atoms with Gasteiger partial charge in [0, 0.05) is 0 Å². The second-order valence-electron chi connectivity index (χ2n) is 5.03. The van der Waals surface area contributed by atoms with Crippen molar-refractivity contribution in [2.45, 2.75) is 47.0 Å². The maximum Gasteiger partial charge on any atom is 0.554 e. The van der Waals surface area contributed by atoms with Gasteiger partial charge in [0.15, 0.2) is 0 Å². The first-order valence-corrected chi connectivity index (χ1v) is 7.36. The van der Waals surface area contributed by atoms with Crippen molar-refractivity contribution >= 4 is 10.5 Å².